The van der Waals surface area contributed by atoms with E-state index in [9.17, 15) is 14.4 Å². The van der Waals surface area contributed by atoms with E-state index in [1.807, 2.05) is 25.1 Å². The van der Waals surface area contributed by atoms with Crippen LogP contribution in [0.2, 0.25) is 0 Å². The molecular formula is C18H22N4O4. The number of aromatic nitrogens is 2. The number of ether oxygens (including phenoxy) is 1. The number of para-hydroxylation sites is 1. The van der Waals surface area contributed by atoms with Crippen LogP contribution in [0, 0.1) is 0 Å². The minimum Gasteiger partial charge on any atom is -0.480 e. The summed E-state index contributed by atoms with van der Waals surface area (Å²) in [5, 5.41) is 0. The van der Waals surface area contributed by atoms with E-state index in [1.165, 1.54) is 16.5 Å². The van der Waals surface area contributed by atoms with Crippen LogP contribution in [0.25, 0.3) is 0 Å². The SMILES string of the molecule is CCCCn1c(N)c(N(C)C(=O)C2Cc3ccccc3O2)c(=O)[nH]c1=O. The Morgan fingerprint density at radius 1 is 1.38 bits per heavy atom. The van der Waals surface area contributed by atoms with Crippen molar-refractivity contribution < 1.29 is 9.53 Å². The number of amides is 1. The maximum absolute atomic E-state index is 12.8. The van der Waals surface area contributed by atoms with Crippen LogP contribution < -0.4 is 26.6 Å². The molecule has 0 aliphatic carbocycles. The lowest BCUT2D eigenvalue weighted by Gasteiger charge is -2.22. The van der Waals surface area contributed by atoms with Crippen molar-refractivity contribution in [3.63, 3.8) is 0 Å². The maximum Gasteiger partial charge on any atom is 0.330 e. The van der Waals surface area contributed by atoms with Gasteiger partial charge in [0.15, 0.2) is 11.8 Å². The van der Waals surface area contributed by atoms with Gasteiger partial charge in [-0.05, 0) is 18.1 Å². The van der Waals surface area contributed by atoms with Crippen LogP contribution in [0.3, 0.4) is 0 Å². The van der Waals surface area contributed by atoms with Gasteiger partial charge < -0.3 is 15.4 Å². The standard InChI is InChI=1S/C18H22N4O4/c1-3-4-9-22-15(19)14(16(23)20-18(22)25)21(2)17(24)13-10-11-7-5-6-8-12(11)26-13/h5-8,13H,3-4,9-10,19H2,1-2H3,(H,20,23,25). The van der Waals surface area contributed by atoms with Crippen LogP contribution in [0.15, 0.2) is 33.9 Å². The zero-order valence-electron chi connectivity index (χ0n) is 14.8. The molecule has 1 unspecified atom stereocenters. The number of hydrogen-bond acceptors (Lipinski definition) is 5. The quantitative estimate of drug-likeness (QED) is 0.824. The molecule has 138 valence electrons. The highest BCUT2D eigenvalue weighted by Crippen LogP contribution is 2.29. The number of nitrogen functional groups attached to an aromatic ring is 1. The first kappa shape index (κ1) is 17.8. The number of H-pyrrole nitrogens is 1. The molecule has 0 saturated heterocycles. The Morgan fingerprint density at radius 2 is 2.12 bits per heavy atom. The number of hydrogen-bond donors (Lipinski definition) is 2. The van der Waals surface area contributed by atoms with Crippen molar-refractivity contribution >= 4 is 17.4 Å². The number of benzene rings is 1. The van der Waals surface area contributed by atoms with Crippen molar-refractivity contribution in [2.24, 2.45) is 0 Å². The Kier molecular flexibility index (Phi) is 4.83. The van der Waals surface area contributed by atoms with Crippen molar-refractivity contribution in [1.82, 2.24) is 9.55 Å². The molecule has 8 heteroatoms. The minimum absolute atomic E-state index is 0.0152. The third kappa shape index (κ3) is 3.10. The van der Waals surface area contributed by atoms with Gasteiger partial charge in [-0.2, -0.15) is 0 Å². The van der Waals surface area contributed by atoms with Crippen LogP contribution in [-0.4, -0.2) is 28.6 Å². The topological polar surface area (TPSA) is 110 Å². The molecule has 0 spiro atoms. The monoisotopic (exact) mass is 358 g/mol. The molecule has 1 aromatic carbocycles. The van der Waals surface area contributed by atoms with Gasteiger partial charge in [0.05, 0.1) is 0 Å². The molecule has 1 amide bonds. The average molecular weight is 358 g/mol. The summed E-state index contributed by atoms with van der Waals surface area (Å²) in [6, 6.07) is 7.41. The summed E-state index contributed by atoms with van der Waals surface area (Å²) >= 11 is 0. The molecule has 2 heterocycles. The van der Waals surface area contributed by atoms with Crippen LogP contribution in [-0.2, 0) is 17.8 Å². The number of carbonyl (C=O) groups excluding carboxylic acids is 1. The second-order valence-corrected chi connectivity index (χ2v) is 6.31. The first-order valence-corrected chi connectivity index (χ1v) is 8.58. The number of anilines is 2. The van der Waals surface area contributed by atoms with E-state index in [-0.39, 0.29) is 17.4 Å². The summed E-state index contributed by atoms with van der Waals surface area (Å²) in [4.78, 5) is 40.5. The van der Waals surface area contributed by atoms with Gasteiger partial charge >= 0.3 is 5.69 Å². The van der Waals surface area contributed by atoms with Gasteiger partial charge in [-0.3, -0.25) is 19.1 Å². The van der Waals surface area contributed by atoms with Crippen molar-refractivity contribution in [2.75, 3.05) is 17.7 Å². The largest absolute Gasteiger partial charge is 0.480 e. The highest BCUT2D eigenvalue weighted by Gasteiger charge is 2.33. The molecule has 0 saturated carbocycles. The second kappa shape index (κ2) is 7.07. The fraction of sp³-hybridized carbons (Fsp3) is 0.389. The lowest BCUT2D eigenvalue weighted by Crippen LogP contribution is -2.44. The summed E-state index contributed by atoms with van der Waals surface area (Å²) in [7, 11) is 1.46. The van der Waals surface area contributed by atoms with Crippen molar-refractivity contribution in [2.45, 2.75) is 38.8 Å². The molecule has 0 fully saturated rings. The molecule has 3 rings (SSSR count). The third-order valence-corrected chi connectivity index (χ3v) is 4.54. The third-order valence-electron chi connectivity index (χ3n) is 4.54. The van der Waals surface area contributed by atoms with E-state index in [1.54, 1.807) is 6.07 Å². The van der Waals surface area contributed by atoms with Gasteiger partial charge in [0.2, 0.25) is 0 Å². The van der Waals surface area contributed by atoms with Gasteiger partial charge in [-0.1, -0.05) is 31.5 Å². The number of carbonyl (C=O) groups is 1. The molecule has 26 heavy (non-hydrogen) atoms. The summed E-state index contributed by atoms with van der Waals surface area (Å²) in [5.74, 6) is 0.256. The Labute approximate surface area is 150 Å². The number of fused-ring (bicyclic) bond motifs is 1. The Bertz CT molecular complexity index is 922. The predicted octanol–water partition coefficient (Wildman–Crippen LogP) is 0.885. The van der Waals surface area contributed by atoms with E-state index < -0.39 is 17.4 Å². The summed E-state index contributed by atoms with van der Waals surface area (Å²) in [5.41, 5.74) is 5.70. The molecule has 1 aromatic heterocycles. The maximum atomic E-state index is 12.8. The second-order valence-electron chi connectivity index (χ2n) is 6.31. The molecule has 1 aliphatic rings. The summed E-state index contributed by atoms with van der Waals surface area (Å²) < 4.78 is 6.98. The molecule has 0 bridgehead atoms. The Balaban J connectivity index is 1.90. The van der Waals surface area contributed by atoms with Crippen LogP contribution >= 0.6 is 0 Å². The lowest BCUT2D eigenvalue weighted by atomic mass is 10.1. The van der Waals surface area contributed by atoms with E-state index >= 15 is 0 Å². The van der Waals surface area contributed by atoms with Crippen LogP contribution in [0.4, 0.5) is 11.5 Å². The zero-order chi connectivity index (χ0) is 18.8. The first-order chi connectivity index (χ1) is 12.4. The van der Waals surface area contributed by atoms with Crippen molar-refractivity contribution in [3.05, 3.63) is 50.7 Å². The van der Waals surface area contributed by atoms with Gasteiger partial charge in [0.1, 0.15) is 11.6 Å². The number of nitrogens with zero attached hydrogens (tertiary/aromatic N) is 2. The number of nitrogens with two attached hydrogens (primary N) is 1. The normalized spacial score (nSPS) is 15.4. The van der Waals surface area contributed by atoms with Gasteiger partial charge in [0.25, 0.3) is 11.5 Å². The first-order valence-electron chi connectivity index (χ1n) is 8.58. The fourth-order valence-electron chi connectivity index (χ4n) is 3.09. The highest BCUT2D eigenvalue weighted by atomic mass is 16.5. The number of rotatable bonds is 5. The predicted molar refractivity (Wildman–Crippen MR) is 98.6 cm³/mol. The molecule has 0 radical (unpaired) electrons. The highest BCUT2D eigenvalue weighted by molar-refractivity contribution is 5.98. The van der Waals surface area contributed by atoms with E-state index in [0.717, 1.165) is 18.4 Å². The Morgan fingerprint density at radius 3 is 2.81 bits per heavy atom. The van der Waals surface area contributed by atoms with E-state index in [0.29, 0.717) is 18.7 Å². The van der Waals surface area contributed by atoms with Gasteiger partial charge in [-0.25, -0.2) is 4.79 Å². The molecular weight excluding hydrogens is 336 g/mol. The van der Waals surface area contributed by atoms with Crippen LogP contribution in [0.5, 0.6) is 5.75 Å². The Hall–Kier alpha value is -3.03. The smallest absolute Gasteiger partial charge is 0.330 e. The minimum atomic E-state index is -0.729. The number of nitrogens with one attached hydrogen (secondary N) is 1. The molecule has 3 N–H and O–H groups in total. The molecule has 8 nitrogen and oxygen atoms in total. The average Bonchev–Trinajstić information content (AvgIpc) is 3.04. The number of aromatic amines is 1. The number of likely N-dealkylation sites (N-methyl/N-ethyl adjacent to an activating group) is 1. The van der Waals surface area contributed by atoms with Crippen molar-refractivity contribution in [3.8, 4) is 5.75 Å². The van der Waals surface area contributed by atoms with Crippen molar-refractivity contribution in [1.29, 1.82) is 0 Å². The molecule has 2 aromatic rings. The number of unbranched alkanes of at least 4 members (excludes halogenated alkanes) is 1. The van der Waals surface area contributed by atoms with Crippen LogP contribution in [0.1, 0.15) is 25.3 Å². The van der Waals surface area contributed by atoms with Gasteiger partial charge in [0, 0.05) is 20.0 Å². The molecule has 1 atom stereocenters. The lowest BCUT2D eigenvalue weighted by molar-refractivity contribution is -0.124. The fourth-order valence-corrected chi connectivity index (χ4v) is 3.09. The van der Waals surface area contributed by atoms with Gasteiger partial charge in [-0.15, -0.1) is 0 Å². The van der Waals surface area contributed by atoms with E-state index in [4.69, 9.17) is 10.5 Å². The molecule has 1 aliphatic heterocycles. The summed E-state index contributed by atoms with van der Waals surface area (Å²) in [6.07, 6.45) is 1.29. The zero-order valence-corrected chi connectivity index (χ0v) is 14.8. The summed E-state index contributed by atoms with van der Waals surface area (Å²) in [6.45, 7) is 2.36. The van der Waals surface area contributed by atoms with E-state index in [2.05, 4.69) is 4.98 Å².